The van der Waals surface area contributed by atoms with Crippen LogP contribution in [-0.2, 0) is 19.6 Å². The Kier molecular flexibility index (Phi) is 5.59. The van der Waals surface area contributed by atoms with Gasteiger partial charge in [0, 0.05) is 12.2 Å². The molecule has 1 aliphatic rings. The predicted octanol–water partition coefficient (Wildman–Crippen LogP) is 2.15. The van der Waals surface area contributed by atoms with E-state index in [9.17, 15) is 17.6 Å². The van der Waals surface area contributed by atoms with Crippen LogP contribution in [-0.4, -0.2) is 40.1 Å². The fourth-order valence-corrected chi connectivity index (χ4v) is 4.21. The first-order valence-corrected chi connectivity index (χ1v) is 9.99. The molecule has 144 valence electrons. The van der Waals surface area contributed by atoms with E-state index in [4.69, 9.17) is 4.74 Å². The highest BCUT2D eigenvalue weighted by atomic mass is 32.2. The third kappa shape index (κ3) is 4.52. The van der Waals surface area contributed by atoms with Gasteiger partial charge in [-0.3, -0.25) is 4.79 Å². The molecule has 2 aromatic rings. The lowest BCUT2D eigenvalue weighted by molar-refractivity contribution is -0.129. The van der Waals surface area contributed by atoms with Gasteiger partial charge in [-0.2, -0.15) is 0 Å². The maximum Gasteiger partial charge on any atom is 0.253 e. The lowest BCUT2D eigenvalue weighted by Gasteiger charge is -2.33. The van der Waals surface area contributed by atoms with Crippen molar-refractivity contribution in [1.29, 1.82) is 0 Å². The van der Waals surface area contributed by atoms with Gasteiger partial charge in [0.25, 0.3) is 5.91 Å². The summed E-state index contributed by atoms with van der Waals surface area (Å²) in [5.41, 5.74) is 2.15. The Morgan fingerprint density at radius 1 is 1.19 bits per heavy atom. The van der Waals surface area contributed by atoms with Gasteiger partial charge in [0.2, 0.25) is 10.0 Å². The molecule has 1 unspecified atom stereocenters. The van der Waals surface area contributed by atoms with Crippen LogP contribution in [0, 0.1) is 19.7 Å². The van der Waals surface area contributed by atoms with Gasteiger partial charge in [-0.1, -0.05) is 17.7 Å². The highest BCUT2D eigenvalue weighted by Crippen LogP contribution is 2.20. The summed E-state index contributed by atoms with van der Waals surface area (Å²) in [5, 5.41) is 0. The molecule has 0 aliphatic carbocycles. The van der Waals surface area contributed by atoms with Crippen LogP contribution < -0.4 is 9.62 Å². The van der Waals surface area contributed by atoms with E-state index in [2.05, 4.69) is 4.72 Å². The molecular formula is C19H21FN2O4S. The third-order valence-corrected chi connectivity index (χ3v) is 5.99. The van der Waals surface area contributed by atoms with Gasteiger partial charge < -0.3 is 9.64 Å². The number of amides is 1. The van der Waals surface area contributed by atoms with Crippen molar-refractivity contribution in [3.05, 3.63) is 59.4 Å². The van der Waals surface area contributed by atoms with Gasteiger partial charge >= 0.3 is 0 Å². The molecule has 1 saturated heterocycles. The number of sulfonamides is 1. The van der Waals surface area contributed by atoms with Crippen LogP contribution in [0.2, 0.25) is 0 Å². The largest absolute Gasteiger partial charge is 0.365 e. The molecule has 8 heteroatoms. The van der Waals surface area contributed by atoms with E-state index >= 15 is 0 Å². The number of anilines is 1. The number of morpholine rings is 1. The van der Waals surface area contributed by atoms with Crippen molar-refractivity contribution in [2.45, 2.75) is 24.8 Å². The Morgan fingerprint density at radius 2 is 1.89 bits per heavy atom. The number of aryl methyl sites for hydroxylation is 2. The molecule has 1 heterocycles. The summed E-state index contributed by atoms with van der Waals surface area (Å²) < 4.78 is 46.1. The number of hydrogen-bond donors (Lipinski definition) is 1. The monoisotopic (exact) mass is 392 g/mol. The second kappa shape index (κ2) is 7.75. The molecule has 3 rings (SSSR count). The fourth-order valence-electron chi connectivity index (χ4n) is 2.92. The summed E-state index contributed by atoms with van der Waals surface area (Å²) in [6, 6.07) is 11.0. The second-order valence-electron chi connectivity index (χ2n) is 6.53. The first-order chi connectivity index (χ1) is 12.8. The summed E-state index contributed by atoms with van der Waals surface area (Å²) in [6.07, 6.45) is -0.487. The first-order valence-electron chi connectivity index (χ1n) is 8.51. The molecule has 0 saturated carbocycles. The van der Waals surface area contributed by atoms with Crippen LogP contribution in [0.3, 0.4) is 0 Å². The third-order valence-electron chi connectivity index (χ3n) is 4.40. The average molecular weight is 392 g/mol. The quantitative estimate of drug-likeness (QED) is 0.846. The van der Waals surface area contributed by atoms with Crippen LogP contribution in [0.4, 0.5) is 10.1 Å². The summed E-state index contributed by atoms with van der Waals surface area (Å²) in [6.45, 7) is 3.63. The van der Waals surface area contributed by atoms with Gasteiger partial charge in [-0.25, -0.2) is 17.5 Å². The van der Waals surface area contributed by atoms with Crippen molar-refractivity contribution in [1.82, 2.24) is 4.72 Å². The summed E-state index contributed by atoms with van der Waals surface area (Å²) in [7, 11) is -3.81. The van der Waals surface area contributed by atoms with Crippen LogP contribution in [0.5, 0.6) is 0 Å². The van der Waals surface area contributed by atoms with Gasteiger partial charge in [0.1, 0.15) is 12.4 Å². The smallest absolute Gasteiger partial charge is 0.253 e. The minimum Gasteiger partial charge on any atom is -0.365 e. The minimum absolute atomic E-state index is 0.00872. The maximum atomic E-state index is 13.2. The number of nitrogens with zero attached hydrogens (tertiary/aromatic N) is 1. The molecule has 6 nitrogen and oxygen atoms in total. The zero-order valence-electron chi connectivity index (χ0n) is 15.1. The molecule has 0 spiro atoms. The van der Waals surface area contributed by atoms with E-state index in [0.717, 1.165) is 17.3 Å². The lowest BCUT2D eigenvalue weighted by Crippen LogP contribution is -2.50. The molecule has 1 amide bonds. The topological polar surface area (TPSA) is 75.7 Å². The molecular weight excluding hydrogens is 371 g/mol. The van der Waals surface area contributed by atoms with Crippen LogP contribution in [0.25, 0.3) is 0 Å². The van der Waals surface area contributed by atoms with E-state index < -0.39 is 21.9 Å². The second-order valence-corrected chi connectivity index (χ2v) is 8.27. The van der Waals surface area contributed by atoms with Crippen molar-refractivity contribution in [3.63, 3.8) is 0 Å². The number of hydrogen-bond acceptors (Lipinski definition) is 4. The molecule has 1 aliphatic heterocycles. The zero-order chi connectivity index (χ0) is 19.6. The van der Waals surface area contributed by atoms with Crippen molar-refractivity contribution in [2.75, 3.05) is 24.6 Å². The minimum atomic E-state index is -3.81. The Morgan fingerprint density at radius 3 is 2.56 bits per heavy atom. The summed E-state index contributed by atoms with van der Waals surface area (Å²) >= 11 is 0. The standard InChI is InChI=1S/C19H21FN2O4S/c1-13-3-6-16(7-4-13)22-11-17(26-12-19(22)23)10-21-27(24,25)18-8-5-15(20)9-14(18)2/h3-9,17,21H,10-12H2,1-2H3. The Labute approximate surface area is 158 Å². The number of ether oxygens (including phenoxy) is 1. The Bertz CT molecular complexity index is 945. The van der Waals surface area contributed by atoms with Crippen LogP contribution in [0.1, 0.15) is 11.1 Å². The number of benzene rings is 2. The van der Waals surface area contributed by atoms with E-state index in [1.165, 1.54) is 19.1 Å². The van der Waals surface area contributed by atoms with Crippen molar-refractivity contribution >= 4 is 21.6 Å². The van der Waals surface area contributed by atoms with Crippen LogP contribution >= 0.6 is 0 Å². The maximum absolute atomic E-state index is 13.2. The number of rotatable bonds is 5. The molecule has 0 bridgehead atoms. The molecule has 0 radical (unpaired) electrons. The number of nitrogens with one attached hydrogen (secondary N) is 1. The lowest BCUT2D eigenvalue weighted by atomic mass is 10.2. The fraction of sp³-hybridized carbons (Fsp3) is 0.316. The van der Waals surface area contributed by atoms with E-state index in [1.54, 1.807) is 4.90 Å². The molecule has 1 atom stereocenters. The van der Waals surface area contributed by atoms with Gasteiger partial charge in [0.15, 0.2) is 0 Å². The van der Waals surface area contributed by atoms with Crippen molar-refractivity contribution < 1.29 is 22.3 Å². The predicted molar refractivity (Wildman–Crippen MR) is 99.6 cm³/mol. The van der Waals surface area contributed by atoms with E-state index in [0.29, 0.717) is 5.56 Å². The SMILES string of the molecule is Cc1ccc(N2CC(CNS(=O)(=O)c3ccc(F)cc3C)OCC2=O)cc1. The highest BCUT2D eigenvalue weighted by molar-refractivity contribution is 7.89. The molecule has 0 aromatic heterocycles. The van der Waals surface area contributed by atoms with Gasteiger partial charge in [-0.05, 0) is 49.7 Å². The van der Waals surface area contributed by atoms with E-state index in [-0.39, 0.29) is 30.5 Å². The molecule has 1 fully saturated rings. The summed E-state index contributed by atoms with van der Waals surface area (Å²) in [5.74, 6) is -0.665. The average Bonchev–Trinajstić information content (AvgIpc) is 2.61. The normalized spacial score (nSPS) is 18.0. The van der Waals surface area contributed by atoms with Gasteiger partial charge in [-0.15, -0.1) is 0 Å². The highest BCUT2D eigenvalue weighted by Gasteiger charge is 2.29. The number of carbonyl (C=O) groups is 1. The molecule has 2 aromatic carbocycles. The van der Waals surface area contributed by atoms with Crippen molar-refractivity contribution in [2.24, 2.45) is 0 Å². The summed E-state index contributed by atoms with van der Waals surface area (Å²) in [4.78, 5) is 13.8. The van der Waals surface area contributed by atoms with Crippen LogP contribution in [0.15, 0.2) is 47.4 Å². The van der Waals surface area contributed by atoms with E-state index in [1.807, 2.05) is 31.2 Å². The van der Waals surface area contributed by atoms with Crippen molar-refractivity contribution in [3.8, 4) is 0 Å². The Balaban J connectivity index is 1.68. The van der Waals surface area contributed by atoms with Gasteiger partial charge in [0.05, 0.1) is 17.5 Å². The Hall–Kier alpha value is -2.29. The number of halogens is 1. The molecule has 1 N–H and O–H groups in total. The number of carbonyl (C=O) groups excluding carboxylic acids is 1. The zero-order valence-corrected chi connectivity index (χ0v) is 15.9. The molecule has 27 heavy (non-hydrogen) atoms. The first kappa shape index (κ1) is 19.5.